The molecule has 0 N–H and O–H groups in total. The van der Waals surface area contributed by atoms with Crippen LogP contribution in [0.4, 0.5) is 0 Å². The van der Waals surface area contributed by atoms with Gasteiger partial charge in [-0.05, 0) is 61.3 Å². The third-order valence-electron chi connectivity index (χ3n) is 9.10. The van der Waals surface area contributed by atoms with Crippen LogP contribution < -0.4 is 0 Å². The van der Waals surface area contributed by atoms with Gasteiger partial charge in [0.1, 0.15) is 0 Å². The quantitative estimate of drug-likeness (QED) is 0.194. The molecule has 0 bridgehead atoms. The Hall–Kier alpha value is -6.45. The molecule has 0 unspecified atom stereocenters. The van der Waals surface area contributed by atoms with Gasteiger partial charge in [0, 0.05) is 22.1 Å². The molecule has 224 valence electrons. The molecule has 0 atom stereocenters. The Morgan fingerprint density at radius 2 is 0.708 bits per heavy atom. The molecule has 0 fully saturated rings. The summed E-state index contributed by atoms with van der Waals surface area (Å²) >= 11 is 0. The summed E-state index contributed by atoms with van der Waals surface area (Å²) < 4.78 is 0. The first-order chi connectivity index (χ1) is 23.8. The van der Waals surface area contributed by atoms with E-state index in [-0.39, 0.29) is 0 Å². The fraction of sp³-hybridized carbons (Fsp3) is 0. The molecule has 3 heteroatoms. The highest BCUT2D eigenvalue weighted by atomic mass is 15.0. The number of hydrogen-bond acceptors (Lipinski definition) is 3. The Bertz CT molecular complexity index is 2620. The number of hydrogen-bond donors (Lipinski definition) is 0. The lowest BCUT2D eigenvalue weighted by Crippen LogP contribution is -2.01. The van der Waals surface area contributed by atoms with E-state index in [1.54, 1.807) is 0 Å². The van der Waals surface area contributed by atoms with Crippen molar-refractivity contribution in [2.24, 2.45) is 0 Å². The van der Waals surface area contributed by atoms with Crippen molar-refractivity contribution in [3.8, 4) is 56.4 Å². The fourth-order valence-corrected chi connectivity index (χ4v) is 6.74. The summed E-state index contributed by atoms with van der Waals surface area (Å²) in [6.45, 7) is 0. The van der Waals surface area contributed by atoms with E-state index in [1.807, 2.05) is 18.2 Å². The standard InChI is InChI=1S/C45H29N3/c1-2-14-33(15-3-1)43-46-44(40-21-9-8-20-38(40)36-26-24-30-12-4-6-16-34(30)28-36)48-45(47-43)41-23-11-19-32-18-10-22-39(42(32)41)37-27-25-31-13-5-7-17-35(31)29-37/h1-29H. The Morgan fingerprint density at radius 1 is 0.250 bits per heavy atom. The zero-order valence-electron chi connectivity index (χ0n) is 26.1. The lowest BCUT2D eigenvalue weighted by molar-refractivity contribution is 1.08. The highest BCUT2D eigenvalue weighted by Crippen LogP contribution is 2.38. The van der Waals surface area contributed by atoms with Gasteiger partial charge in [0.05, 0.1) is 0 Å². The summed E-state index contributed by atoms with van der Waals surface area (Å²) in [6.07, 6.45) is 0. The number of benzene rings is 8. The van der Waals surface area contributed by atoms with Crippen LogP contribution >= 0.6 is 0 Å². The van der Waals surface area contributed by atoms with Crippen LogP contribution in [0.2, 0.25) is 0 Å². The van der Waals surface area contributed by atoms with Crippen molar-refractivity contribution in [1.82, 2.24) is 15.0 Å². The summed E-state index contributed by atoms with van der Waals surface area (Å²) in [5, 5.41) is 7.10. The first kappa shape index (κ1) is 27.8. The van der Waals surface area contributed by atoms with Gasteiger partial charge in [-0.1, -0.05) is 164 Å². The van der Waals surface area contributed by atoms with Gasteiger partial charge >= 0.3 is 0 Å². The highest BCUT2D eigenvalue weighted by molar-refractivity contribution is 6.06. The van der Waals surface area contributed by atoms with E-state index in [1.165, 1.54) is 21.5 Å². The van der Waals surface area contributed by atoms with Gasteiger partial charge in [0.15, 0.2) is 17.5 Å². The normalized spacial score (nSPS) is 11.3. The van der Waals surface area contributed by atoms with Crippen molar-refractivity contribution in [3.05, 3.63) is 176 Å². The molecule has 0 radical (unpaired) electrons. The van der Waals surface area contributed by atoms with Crippen LogP contribution in [0.1, 0.15) is 0 Å². The fourth-order valence-electron chi connectivity index (χ4n) is 6.74. The second-order valence-electron chi connectivity index (χ2n) is 12.1. The summed E-state index contributed by atoms with van der Waals surface area (Å²) in [6, 6.07) is 61.7. The average Bonchev–Trinajstić information content (AvgIpc) is 3.17. The molecule has 0 saturated carbocycles. The smallest absolute Gasteiger partial charge is 0.164 e. The molecule has 1 heterocycles. The van der Waals surface area contributed by atoms with Gasteiger partial charge in [0.25, 0.3) is 0 Å². The van der Waals surface area contributed by atoms with Crippen molar-refractivity contribution in [2.45, 2.75) is 0 Å². The first-order valence-electron chi connectivity index (χ1n) is 16.2. The molecule has 0 saturated heterocycles. The van der Waals surface area contributed by atoms with E-state index in [0.29, 0.717) is 17.5 Å². The second kappa shape index (κ2) is 11.7. The van der Waals surface area contributed by atoms with Crippen LogP contribution in [0.5, 0.6) is 0 Å². The Kier molecular flexibility index (Phi) is 6.80. The average molecular weight is 612 g/mol. The number of fused-ring (bicyclic) bond motifs is 3. The highest BCUT2D eigenvalue weighted by Gasteiger charge is 2.18. The zero-order chi connectivity index (χ0) is 31.9. The Labute approximate surface area is 278 Å². The van der Waals surface area contributed by atoms with Crippen LogP contribution in [0.15, 0.2) is 176 Å². The molecule has 1 aromatic heterocycles. The molecule has 3 nitrogen and oxygen atoms in total. The summed E-state index contributed by atoms with van der Waals surface area (Å²) in [5.74, 6) is 1.93. The molecular formula is C45H29N3. The number of nitrogens with zero attached hydrogens (tertiary/aromatic N) is 3. The van der Waals surface area contributed by atoms with E-state index in [9.17, 15) is 0 Å². The monoisotopic (exact) mass is 611 g/mol. The van der Waals surface area contributed by atoms with Crippen LogP contribution in [0.25, 0.3) is 88.7 Å². The van der Waals surface area contributed by atoms with Gasteiger partial charge in [-0.25, -0.2) is 15.0 Å². The third kappa shape index (κ3) is 4.99. The molecule has 0 amide bonds. The van der Waals surface area contributed by atoms with Crippen molar-refractivity contribution >= 4 is 32.3 Å². The van der Waals surface area contributed by atoms with E-state index in [0.717, 1.165) is 49.7 Å². The van der Waals surface area contributed by atoms with Crippen LogP contribution in [-0.2, 0) is 0 Å². The Morgan fingerprint density at radius 3 is 1.38 bits per heavy atom. The lowest BCUT2D eigenvalue weighted by atomic mass is 9.93. The molecule has 8 aromatic carbocycles. The molecule has 9 aromatic rings. The first-order valence-corrected chi connectivity index (χ1v) is 16.2. The van der Waals surface area contributed by atoms with Crippen LogP contribution in [0.3, 0.4) is 0 Å². The molecule has 0 spiro atoms. The molecular weight excluding hydrogens is 583 g/mol. The summed E-state index contributed by atoms with van der Waals surface area (Å²) in [5.41, 5.74) is 7.38. The largest absolute Gasteiger partial charge is 0.208 e. The van der Waals surface area contributed by atoms with Gasteiger partial charge in [-0.15, -0.1) is 0 Å². The minimum Gasteiger partial charge on any atom is -0.208 e. The van der Waals surface area contributed by atoms with Crippen LogP contribution in [0, 0.1) is 0 Å². The maximum Gasteiger partial charge on any atom is 0.164 e. The maximum absolute atomic E-state index is 5.26. The SMILES string of the molecule is c1ccc(-c2nc(-c3ccccc3-c3ccc4ccccc4c3)nc(-c3cccc4cccc(-c5ccc6ccccc6c5)c34)n2)cc1. The van der Waals surface area contributed by atoms with E-state index >= 15 is 0 Å². The van der Waals surface area contributed by atoms with Gasteiger partial charge < -0.3 is 0 Å². The van der Waals surface area contributed by atoms with Crippen molar-refractivity contribution in [1.29, 1.82) is 0 Å². The molecule has 0 aliphatic rings. The van der Waals surface area contributed by atoms with E-state index in [2.05, 4.69) is 158 Å². The maximum atomic E-state index is 5.26. The van der Waals surface area contributed by atoms with Crippen molar-refractivity contribution in [2.75, 3.05) is 0 Å². The van der Waals surface area contributed by atoms with Crippen molar-refractivity contribution in [3.63, 3.8) is 0 Å². The Balaban J connectivity index is 1.28. The second-order valence-corrected chi connectivity index (χ2v) is 12.1. The predicted molar refractivity (Wildman–Crippen MR) is 200 cm³/mol. The van der Waals surface area contributed by atoms with Gasteiger partial charge in [0.2, 0.25) is 0 Å². The zero-order valence-corrected chi connectivity index (χ0v) is 26.1. The summed E-state index contributed by atoms with van der Waals surface area (Å²) in [7, 11) is 0. The number of aromatic nitrogens is 3. The molecule has 0 aliphatic carbocycles. The van der Waals surface area contributed by atoms with E-state index < -0.39 is 0 Å². The minimum absolute atomic E-state index is 0.641. The number of rotatable bonds is 5. The van der Waals surface area contributed by atoms with Gasteiger partial charge in [-0.2, -0.15) is 0 Å². The topological polar surface area (TPSA) is 38.7 Å². The summed E-state index contributed by atoms with van der Waals surface area (Å²) in [4.78, 5) is 15.5. The molecule has 0 aliphatic heterocycles. The molecule has 9 rings (SSSR count). The predicted octanol–water partition coefficient (Wildman–Crippen LogP) is 11.7. The lowest BCUT2D eigenvalue weighted by Gasteiger charge is -2.15. The van der Waals surface area contributed by atoms with Crippen molar-refractivity contribution < 1.29 is 0 Å². The van der Waals surface area contributed by atoms with Gasteiger partial charge in [-0.3, -0.25) is 0 Å². The molecule has 48 heavy (non-hydrogen) atoms. The third-order valence-corrected chi connectivity index (χ3v) is 9.10. The van der Waals surface area contributed by atoms with Crippen LogP contribution in [-0.4, -0.2) is 15.0 Å². The minimum atomic E-state index is 0.641. The van der Waals surface area contributed by atoms with E-state index in [4.69, 9.17) is 15.0 Å².